The number of ketones is 1. The van der Waals surface area contributed by atoms with Crippen molar-refractivity contribution in [2.75, 3.05) is 18.0 Å². The zero-order valence-electron chi connectivity index (χ0n) is 14.9. The van der Waals surface area contributed by atoms with Crippen molar-refractivity contribution in [1.29, 1.82) is 0 Å². The smallest absolute Gasteiger partial charge is 0.195 e. The largest absolute Gasteiger partial charge is 0.371 e. The Balaban J connectivity index is 0.000000316. The van der Waals surface area contributed by atoms with Crippen molar-refractivity contribution in [2.24, 2.45) is 0 Å². The first-order chi connectivity index (χ1) is 12.3. The van der Waals surface area contributed by atoms with Crippen LogP contribution in [0, 0.1) is 0 Å². The molecule has 0 fully saturated rings. The number of carbonyl (C=O) groups excluding carboxylic acids is 1. The Morgan fingerprint density at radius 2 is 1.12 bits per heavy atom. The van der Waals surface area contributed by atoms with Crippen molar-refractivity contribution < 1.29 is 4.79 Å². The topological polar surface area (TPSA) is 20.3 Å². The minimum Gasteiger partial charge on any atom is -0.371 e. The second-order valence-corrected chi connectivity index (χ2v) is 5.54. The number of hydrogen-bond donors (Lipinski definition) is 0. The molecular weight excluding hydrogens is 306 g/mol. The molecular formula is C23H25NO. The van der Waals surface area contributed by atoms with Gasteiger partial charge in [-0.25, -0.2) is 0 Å². The molecule has 2 heteroatoms. The maximum Gasteiger partial charge on any atom is 0.195 e. The van der Waals surface area contributed by atoms with E-state index in [1.54, 1.807) is 0 Å². The third kappa shape index (κ3) is 5.32. The molecule has 3 rings (SSSR count). The van der Waals surface area contributed by atoms with Gasteiger partial charge in [-0.15, -0.1) is 0 Å². The summed E-state index contributed by atoms with van der Waals surface area (Å²) in [5, 5.41) is 0. The van der Waals surface area contributed by atoms with Gasteiger partial charge in [-0.05, 0) is 26.0 Å². The fourth-order valence-electron chi connectivity index (χ4n) is 2.64. The maximum absolute atomic E-state index is 12.6. The van der Waals surface area contributed by atoms with Gasteiger partial charge >= 0.3 is 0 Å². The Morgan fingerprint density at radius 1 is 0.680 bits per heavy atom. The highest BCUT2D eigenvalue weighted by Crippen LogP contribution is 2.23. The second kappa shape index (κ2) is 10.1. The van der Waals surface area contributed by atoms with Crippen LogP contribution in [0.15, 0.2) is 91.0 Å². The predicted octanol–water partition coefficient (Wildman–Crippen LogP) is 5.45. The fourth-order valence-corrected chi connectivity index (χ4v) is 2.64. The van der Waals surface area contributed by atoms with Crippen LogP contribution < -0.4 is 4.90 Å². The van der Waals surface area contributed by atoms with E-state index in [1.807, 2.05) is 91.0 Å². The van der Waals surface area contributed by atoms with Crippen molar-refractivity contribution in [3.63, 3.8) is 0 Å². The number of carbonyl (C=O) groups is 1. The van der Waals surface area contributed by atoms with Crippen LogP contribution in [0.4, 0.5) is 5.69 Å². The van der Waals surface area contributed by atoms with E-state index in [9.17, 15) is 4.79 Å². The van der Waals surface area contributed by atoms with Crippen molar-refractivity contribution >= 4 is 11.5 Å². The summed E-state index contributed by atoms with van der Waals surface area (Å²) in [5.41, 5.74) is 2.53. The van der Waals surface area contributed by atoms with Crippen molar-refractivity contribution in [3.8, 4) is 0 Å². The van der Waals surface area contributed by atoms with Gasteiger partial charge in [0.15, 0.2) is 5.78 Å². The molecule has 0 saturated heterocycles. The van der Waals surface area contributed by atoms with Gasteiger partial charge in [0, 0.05) is 29.9 Å². The van der Waals surface area contributed by atoms with Gasteiger partial charge in [-0.1, -0.05) is 78.9 Å². The molecule has 0 amide bonds. The highest BCUT2D eigenvalue weighted by Gasteiger charge is 2.15. The molecule has 128 valence electrons. The highest BCUT2D eigenvalue weighted by atomic mass is 16.1. The fraction of sp³-hybridized carbons (Fsp3) is 0.174. The Kier molecular flexibility index (Phi) is 7.45. The zero-order valence-corrected chi connectivity index (χ0v) is 14.9. The van der Waals surface area contributed by atoms with Crippen LogP contribution in [0.3, 0.4) is 0 Å². The average molecular weight is 331 g/mol. The maximum atomic E-state index is 12.6. The number of anilines is 1. The molecule has 0 atom stereocenters. The van der Waals surface area contributed by atoms with Crippen molar-refractivity contribution in [3.05, 3.63) is 102 Å². The molecule has 0 aromatic heterocycles. The van der Waals surface area contributed by atoms with E-state index in [2.05, 4.69) is 18.7 Å². The summed E-state index contributed by atoms with van der Waals surface area (Å²) in [4.78, 5) is 14.8. The van der Waals surface area contributed by atoms with Gasteiger partial charge in [0.2, 0.25) is 0 Å². The Labute approximate surface area is 150 Å². The van der Waals surface area contributed by atoms with Crippen molar-refractivity contribution in [1.82, 2.24) is 0 Å². The highest BCUT2D eigenvalue weighted by molar-refractivity contribution is 6.12. The number of hydrogen-bond acceptors (Lipinski definition) is 2. The van der Waals surface area contributed by atoms with Crippen LogP contribution >= 0.6 is 0 Å². The lowest BCUT2D eigenvalue weighted by Gasteiger charge is -2.23. The summed E-state index contributed by atoms with van der Waals surface area (Å²) in [6, 6.07) is 29.3. The second-order valence-electron chi connectivity index (χ2n) is 5.54. The molecule has 0 N–H and O–H groups in total. The van der Waals surface area contributed by atoms with Gasteiger partial charge in [-0.3, -0.25) is 4.79 Å². The summed E-state index contributed by atoms with van der Waals surface area (Å²) < 4.78 is 0. The van der Waals surface area contributed by atoms with E-state index >= 15 is 0 Å². The molecule has 0 bridgehead atoms. The van der Waals surface area contributed by atoms with Crippen LogP contribution in [0.1, 0.15) is 29.8 Å². The van der Waals surface area contributed by atoms with Crippen LogP contribution in [0.25, 0.3) is 0 Å². The number of benzene rings is 3. The van der Waals surface area contributed by atoms with Gasteiger partial charge in [0.1, 0.15) is 0 Å². The van der Waals surface area contributed by atoms with E-state index in [4.69, 9.17) is 0 Å². The van der Waals surface area contributed by atoms with Crippen molar-refractivity contribution in [2.45, 2.75) is 13.8 Å². The molecule has 2 nitrogen and oxygen atoms in total. The molecule has 0 heterocycles. The van der Waals surface area contributed by atoms with E-state index in [-0.39, 0.29) is 5.78 Å². The third-order valence-electron chi connectivity index (χ3n) is 3.96. The molecule has 0 unspecified atom stereocenters. The number of para-hydroxylation sites is 1. The minimum atomic E-state index is 0.0862. The first-order valence-electron chi connectivity index (χ1n) is 8.71. The first kappa shape index (κ1) is 18.5. The van der Waals surface area contributed by atoms with Crippen LogP contribution in [0.5, 0.6) is 0 Å². The number of nitrogens with zero attached hydrogens (tertiary/aromatic N) is 1. The van der Waals surface area contributed by atoms with Gasteiger partial charge in [0.25, 0.3) is 0 Å². The van der Waals surface area contributed by atoms with Gasteiger partial charge in [-0.2, -0.15) is 0 Å². The molecule has 0 radical (unpaired) electrons. The molecule has 0 aliphatic heterocycles. The molecule has 0 spiro atoms. The SMILES string of the molecule is CCN(CC)c1ccccc1C(=O)c1ccccc1.c1ccccc1. The summed E-state index contributed by atoms with van der Waals surface area (Å²) in [7, 11) is 0. The normalized spacial score (nSPS) is 9.68. The quantitative estimate of drug-likeness (QED) is 0.579. The van der Waals surface area contributed by atoms with Crippen LogP contribution in [0.2, 0.25) is 0 Å². The Morgan fingerprint density at radius 3 is 1.64 bits per heavy atom. The summed E-state index contributed by atoms with van der Waals surface area (Å²) in [6.07, 6.45) is 0. The van der Waals surface area contributed by atoms with E-state index in [1.165, 1.54) is 0 Å². The summed E-state index contributed by atoms with van der Waals surface area (Å²) in [5.74, 6) is 0.0862. The lowest BCUT2D eigenvalue weighted by Crippen LogP contribution is -2.24. The van der Waals surface area contributed by atoms with Crippen LogP contribution in [-0.4, -0.2) is 18.9 Å². The molecule has 0 aliphatic rings. The van der Waals surface area contributed by atoms with Crippen LogP contribution in [-0.2, 0) is 0 Å². The monoisotopic (exact) mass is 331 g/mol. The predicted molar refractivity (Wildman–Crippen MR) is 106 cm³/mol. The Bertz CT molecular complexity index is 723. The molecule has 3 aromatic rings. The van der Waals surface area contributed by atoms with Gasteiger partial charge in [0.05, 0.1) is 0 Å². The third-order valence-corrected chi connectivity index (χ3v) is 3.96. The standard InChI is InChI=1S/C17H19NO.C6H6/c1-3-18(4-2)16-13-9-8-12-15(16)17(19)14-10-6-5-7-11-14;1-2-4-6-5-3-1/h5-13H,3-4H2,1-2H3;1-6H. The molecule has 3 aromatic carbocycles. The van der Waals surface area contributed by atoms with E-state index in [0.29, 0.717) is 0 Å². The molecule has 0 aliphatic carbocycles. The molecule has 25 heavy (non-hydrogen) atoms. The average Bonchev–Trinajstić information content (AvgIpc) is 2.71. The lowest BCUT2D eigenvalue weighted by atomic mass is 10.0. The summed E-state index contributed by atoms with van der Waals surface area (Å²) in [6.45, 7) is 6.01. The van der Waals surface area contributed by atoms with E-state index < -0.39 is 0 Å². The first-order valence-corrected chi connectivity index (χ1v) is 8.71. The lowest BCUT2D eigenvalue weighted by molar-refractivity contribution is 0.103. The minimum absolute atomic E-state index is 0.0862. The Hall–Kier alpha value is -2.87. The zero-order chi connectivity index (χ0) is 17.9. The molecule has 0 saturated carbocycles. The number of rotatable bonds is 5. The van der Waals surface area contributed by atoms with Gasteiger partial charge < -0.3 is 4.90 Å². The summed E-state index contributed by atoms with van der Waals surface area (Å²) >= 11 is 0. The van der Waals surface area contributed by atoms with E-state index in [0.717, 1.165) is 29.9 Å².